The number of benzene rings is 1. The summed E-state index contributed by atoms with van der Waals surface area (Å²) in [5.74, 6) is 5.78. The topological polar surface area (TPSA) is 155 Å². The minimum Gasteiger partial charge on any atom is -0.492 e. The zero-order valence-electron chi connectivity index (χ0n) is 19.0. The van der Waals surface area contributed by atoms with Gasteiger partial charge in [0.1, 0.15) is 11.6 Å². The van der Waals surface area contributed by atoms with E-state index in [0.717, 1.165) is 29.7 Å². The molecule has 2 aromatic rings. The molecule has 33 heavy (non-hydrogen) atoms. The number of nitrogens with one attached hydrogen (secondary N) is 1. The zero-order valence-corrected chi connectivity index (χ0v) is 19.7. The van der Waals surface area contributed by atoms with Gasteiger partial charge in [-0.15, -0.1) is 5.10 Å². The van der Waals surface area contributed by atoms with Crippen LogP contribution in [0, 0.1) is 5.92 Å². The largest absolute Gasteiger partial charge is 0.492 e. The van der Waals surface area contributed by atoms with Crippen LogP contribution in [-0.2, 0) is 11.2 Å². The van der Waals surface area contributed by atoms with Crippen LogP contribution in [0.4, 0.5) is 0 Å². The van der Waals surface area contributed by atoms with Gasteiger partial charge in [-0.1, -0.05) is 25.4 Å². The van der Waals surface area contributed by atoms with Crippen LogP contribution in [0.15, 0.2) is 39.3 Å². The average molecular weight is 476 g/mol. The molecule has 11 heteroatoms. The van der Waals surface area contributed by atoms with E-state index in [1.807, 2.05) is 17.7 Å². The van der Waals surface area contributed by atoms with Gasteiger partial charge < -0.3 is 25.5 Å². The lowest BCUT2D eigenvalue weighted by Crippen LogP contribution is -2.31. The van der Waals surface area contributed by atoms with Gasteiger partial charge in [0.2, 0.25) is 5.96 Å². The van der Waals surface area contributed by atoms with Crippen LogP contribution in [0.5, 0.6) is 5.75 Å². The first kappa shape index (κ1) is 24.6. The molecular weight excluding hydrogens is 446 g/mol. The van der Waals surface area contributed by atoms with Crippen molar-refractivity contribution < 1.29 is 9.47 Å². The molecule has 0 fully saturated rings. The molecule has 0 bridgehead atoms. The van der Waals surface area contributed by atoms with Crippen LogP contribution in [0.3, 0.4) is 0 Å². The Morgan fingerprint density at radius 3 is 2.73 bits per heavy atom. The van der Waals surface area contributed by atoms with E-state index in [4.69, 9.17) is 38.4 Å². The number of methoxy groups -OCH3 is 1. The standard InChI is InChI=1S/C22H30ClN7O3/c1-12(2)17-7-13-8-20(33-6-4-5-32-3)16(23)9-14(13)18-10-19(31)15(11-30(17)18)21(24)27-22(25)28-29-26/h8-12,17,29H,4-7,26H2,1-3H3,(H4,24,25,27,28). The molecule has 0 spiro atoms. The first-order chi connectivity index (χ1) is 15.8. The number of hydrogen-bond donors (Lipinski definition) is 4. The third kappa shape index (κ3) is 5.47. The van der Waals surface area contributed by atoms with Gasteiger partial charge in [0.05, 0.1) is 22.9 Å². The summed E-state index contributed by atoms with van der Waals surface area (Å²) in [4.78, 5) is 16.9. The van der Waals surface area contributed by atoms with Crippen molar-refractivity contribution >= 4 is 23.4 Å². The van der Waals surface area contributed by atoms with E-state index in [1.165, 1.54) is 0 Å². The fourth-order valence-electron chi connectivity index (χ4n) is 3.89. The molecule has 3 rings (SSSR count). The lowest BCUT2D eigenvalue weighted by molar-refractivity contribution is 0.172. The number of ether oxygens (including phenoxy) is 2. The van der Waals surface area contributed by atoms with E-state index in [9.17, 15) is 4.79 Å². The van der Waals surface area contributed by atoms with E-state index in [0.29, 0.717) is 24.0 Å². The van der Waals surface area contributed by atoms with Gasteiger partial charge in [-0.25, -0.2) is 11.4 Å². The van der Waals surface area contributed by atoms with E-state index in [1.54, 1.807) is 19.4 Å². The van der Waals surface area contributed by atoms with Gasteiger partial charge in [0, 0.05) is 44.0 Å². The minimum absolute atomic E-state index is 0.0436. The Hall–Kier alpha value is -3.08. The third-order valence-corrected chi connectivity index (χ3v) is 5.80. The summed E-state index contributed by atoms with van der Waals surface area (Å²) in [6.07, 6.45) is 3.22. The number of hydrazine groups is 1. The average Bonchev–Trinajstić information content (AvgIpc) is 2.76. The van der Waals surface area contributed by atoms with Crippen molar-refractivity contribution in [3.8, 4) is 17.0 Å². The minimum atomic E-state index is -0.289. The lowest BCUT2D eigenvalue weighted by atomic mass is 9.87. The first-order valence-electron chi connectivity index (χ1n) is 10.6. The number of nitrogens with two attached hydrogens (primary N) is 3. The van der Waals surface area contributed by atoms with Gasteiger partial charge in [-0.05, 0) is 30.0 Å². The van der Waals surface area contributed by atoms with Crippen LogP contribution in [0.25, 0.3) is 11.3 Å². The van der Waals surface area contributed by atoms with E-state index in [-0.39, 0.29) is 34.7 Å². The van der Waals surface area contributed by atoms with Crippen molar-refractivity contribution in [3.63, 3.8) is 0 Å². The molecule has 178 valence electrons. The summed E-state index contributed by atoms with van der Waals surface area (Å²) in [7, 11) is 1.65. The van der Waals surface area contributed by atoms with Crippen molar-refractivity contribution in [2.45, 2.75) is 32.7 Å². The van der Waals surface area contributed by atoms with E-state index in [2.05, 4.69) is 28.5 Å². The molecule has 0 radical (unpaired) electrons. The highest BCUT2D eigenvalue weighted by Crippen LogP contribution is 2.41. The maximum Gasteiger partial charge on any atom is 0.240 e. The van der Waals surface area contributed by atoms with Gasteiger partial charge in [-0.3, -0.25) is 4.79 Å². The number of halogens is 1. The Balaban J connectivity index is 2.07. The highest BCUT2D eigenvalue weighted by molar-refractivity contribution is 6.32. The molecule has 1 aliphatic heterocycles. The summed E-state index contributed by atoms with van der Waals surface area (Å²) in [6.45, 7) is 5.38. The molecule has 1 aromatic carbocycles. The number of hydrogen-bond acceptors (Lipinski definition) is 6. The molecule has 1 unspecified atom stereocenters. The zero-order chi connectivity index (χ0) is 24.1. The van der Waals surface area contributed by atoms with Gasteiger partial charge in [-0.2, -0.15) is 4.99 Å². The van der Waals surface area contributed by atoms with Crippen molar-refractivity contribution in [2.75, 3.05) is 20.3 Å². The van der Waals surface area contributed by atoms with Crippen molar-refractivity contribution in [1.29, 1.82) is 0 Å². The Morgan fingerprint density at radius 2 is 2.06 bits per heavy atom. The maximum atomic E-state index is 12.9. The Kier molecular flexibility index (Phi) is 7.96. The van der Waals surface area contributed by atoms with Crippen molar-refractivity contribution in [2.24, 2.45) is 33.3 Å². The fraction of sp³-hybridized carbons (Fsp3) is 0.409. The Labute approximate surface area is 197 Å². The van der Waals surface area contributed by atoms with Gasteiger partial charge in [0.15, 0.2) is 5.43 Å². The Bertz CT molecular complexity index is 1130. The first-order valence-corrected chi connectivity index (χ1v) is 11.0. The summed E-state index contributed by atoms with van der Waals surface area (Å²) < 4.78 is 13.0. The quantitative estimate of drug-likeness (QED) is 0.149. The molecule has 2 heterocycles. The summed E-state index contributed by atoms with van der Waals surface area (Å²) in [5.41, 5.74) is 16.4. The third-order valence-electron chi connectivity index (χ3n) is 5.51. The fourth-order valence-corrected chi connectivity index (χ4v) is 4.10. The number of nitrogens with zero attached hydrogens (tertiary/aromatic N) is 3. The number of pyridine rings is 1. The van der Waals surface area contributed by atoms with Crippen molar-refractivity contribution in [3.05, 3.63) is 50.8 Å². The van der Waals surface area contributed by atoms with Crippen LogP contribution >= 0.6 is 11.6 Å². The SMILES string of the molecule is COCCCOc1cc2c(cc1Cl)-c1cc(=O)c(C(N)=NC(N)=NNN)cn1C(C(C)C)C2. The van der Waals surface area contributed by atoms with Gasteiger partial charge in [0.25, 0.3) is 0 Å². The van der Waals surface area contributed by atoms with Crippen LogP contribution in [-0.4, -0.2) is 36.7 Å². The molecular formula is C22H30ClN7O3. The van der Waals surface area contributed by atoms with Crippen LogP contribution in [0.2, 0.25) is 5.02 Å². The number of fused-ring (bicyclic) bond motifs is 3. The normalized spacial score (nSPS) is 15.9. The highest BCUT2D eigenvalue weighted by Gasteiger charge is 2.28. The molecule has 0 amide bonds. The number of rotatable bonds is 8. The van der Waals surface area contributed by atoms with E-state index < -0.39 is 0 Å². The number of aliphatic imine (C=N–C) groups is 1. The molecule has 1 atom stereocenters. The Morgan fingerprint density at radius 1 is 1.30 bits per heavy atom. The maximum absolute atomic E-state index is 12.9. The predicted molar refractivity (Wildman–Crippen MR) is 130 cm³/mol. The summed E-state index contributed by atoms with van der Waals surface area (Å²) >= 11 is 6.52. The molecule has 10 nitrogen and oxygen atoms in total. The molecule has 1 aromatic heterocycles. The second-order valence-electron chi connectivity index (χ2n) is 8.09. The number of hydrazone groups is 1. The van der Waals surface area contributed by atoms with E-state index >= 15 is 0 Å². The molecule has 0 saturated carbocycles. The second-order valence-corrected chi connectivity index (χ2v) is 8.50. The van der Waals surface area contributed by atoms with Gasteiger partial charge >= 0.3 is 0 Å². The lowest BCUT2D eigenvalue weighted by Gasteiger charge is -2.34. The smallest absolute Gasteiger partial charge is 0.240 e. The predicted octanol–water partition coefficient (Wildman–Crippen LogP) is 1.74. The number of aromatic nitrogens is 1. The van der Waals surface area contributed by atoms with Crippen LogP contribution < -0.4 is 33.0 Å². The number of amidine groups is 1. The summed E-state index contributed by atoms with van der Waals surface area (Å²) in [6, 6.07) is 5.45. The molecule has 0 saturated heterocycles. The van der Waals surface area contributed by atoms with Crippen molar-refractivity contribution in [1.82, 2.24) is 10.1 Å². The monoisotopic (exact) mass is 475 g/mol. The summed E-state index contributed by atoms with van der Waals surface area (Å²) in [5, 5.41) is 4.02. The highest BCUT2D eigenvalue weighted by atomic mass is 35.5. The molecule has 0 aliphatic carbocycles. The molecule has 7 N–H and O–H groups in total. The second kappa shape index (κ2) is 10.7. The van der Waals surface area contributed by atoms with Crippen LogP contribution in [0.1, 0.15) is 37.4 Å². The molecule has 1 aliphatic rings. The number of guanidine groups is 1.